The van der Waals surface area contributed by atoms with Gasteiger partial charge < -0.3 is 29.7 Å². The molecule has 7 rings (SSSR count). The van der Waals surface area contributed by atoms with Gasteiger partial charge in [0.2, 0.25) is 5.95 Å². The fraction of sp³-hybridized carbons (Fsp3) is 0.438. The zero-order valence-electron chi connectivity index (χ0n) is 26.1. The summed E-state index contributed by atoms with van der Waals surface area (Å²) in [5, 5.41) is 7.39. The summed E-state index contributed by atoms with van der Waals surface area (Å²) in [4.78, 5) is 25.8. The summed E-state index contributed by atoms with van der Waals surface area (Å²) in [6, 6.07) is 8.96. The lowest BCUT2D eigenvalue weighted by molar-refractivity contribution is 0.0867. The summed E-state index contributed by atoms with van der Waals surface area (Å²) < 4.78 is 20.5. The van der Waals surface area contributed by atoms with E-state index in [-0.39, 0.29) is 0 Å². The molecule has 13 heteroatoms. The van der Waals surface area contributed by atoms with E-state index >= 15 is 0 Å². The highest BCUT2D eigenvalue weighted by Gasteiger charge is 2.37. The van der Waals surface area contributed by atoms with Crippen LogP contribution >= 0.6 is 23.1 Å². The lowest BCUT2D eigenvalue weighted by atomic mass is 9.99. The van der Waals surface area contributed by atoms with Gasteiger partial charge in [-0.25, -0.2) is 4.98 Å². The Morgan fingerprint density at radius 2 is 1.80 bits per heavy atom. The number of hydrogen-bond acceptors (Lipinski definition) is 11. The van der Waals surface area contributed by atoms with Crippen LogP contribution in [0.2, 0.25) is 0 Å². The zero-order valence-corrected chi connectivity index (χ0v) is 28.6. The highest BCUT2D eigenvalue weighted by atomic mass is 79.9. The summed E-state index contributed by atoms with van der Waals surface area (Å²) in [6.07, 6.45) is 7.46. The number of hydrogen-bond donors (Lipinski definition) is 2. The summed E-state index contributed by atoms with van der Waals surface area (Å²) in [7, 11) is -0.500. The third-order valence-electron chi connectivity index (χ3n) is 9.11. The zero-order chi connectivity index (χ0) is 31.3. The molecule has 2 N–H and O–H groups in total. The number of benzene rings is 2. The molecular weight excluding hydrogens is 653 g/mol. The van der Waals surface area contributed by atoms with Crippen LogP contribution in [-0.2, 0) is 4.57 Å². The predicted octanol–water partition coefficient (Wildman–Crippen LogP) is 5.20. The lowest BCUT2D eigenvalue weighted by Crippen LogP contribution is -2.60. The van der Waals surface area contributed by atoms with E-state index in [4.69, 9.17) is 9.72 Å². The number of nitrogens with zero attached hydrogens (tertiary/aromatic N) is 7. The van der Waals surface area contributed by atoms with Crippen molar-refractivity contribution < 1.29 is 9.30 Å². The number of halogens is 1. The number of rotatable bonds is 6. The number of fused-ring (bicyclic) bond motifs is 4. The van der Waals surface area contributed by atoms with Crippen molar-refractivity contribution >= 4 is 68.2 Å². The summed E-state index contributed by atoms with van der Waals surface area (Å²) in [5.74, 6) is 1.86. The molecule has 0 aliphatic carbocycles. The number of likely N-dealkylation sites (tertiary alicyclic amines) is 1. The Hall–Kier alpha value is -3.31. The van der Waals surface area contributed by atoms with E-state index in [1.54, 1.807) is 31.9 Å². The first-order valence-electron chi connectivity index (χ1n) is 15.5. The topological polar surface area (TPSA) is 112 Å². The Balaban J connectivity index is 1.10. The second kappa shape index (κ2) is 12.1. The first kappa shape index (κ1) is 30.3. The molecule has 5 heterocycles. The van der Waals surface area contributed by atoms with Crippen molar-refractivity contribution in [2.75, 3.05) is 75.2 Å². The molecule has 1 atom stereocenters. The molecule has 0 amide bonds. The molecule has 0 radical (unpaired) electrons. The van der Waals surface area contributed by atoms with Crippen LogP contribution in [-0.4, -0.2) is 102 Å². The van der Waals surface area contributed by atoms with Crippen LogP contribution in [0.1, 0.15) is 18.4 Å². The van der Waals surface area contributed by atoms with Gasteiger partial charge in [-0.05, 0) is 92.9 Å². The van der Waals surface area contributed by atoms with E-state index in [9.17, 15) is 4.57 Å². The van der Waals surface area contributed by atoms with Crippen LogP contribution in [0, 0.1) is 6.92 Å². The van der Waals surface area contributed by atoms with Crippen LogP contribution in [0.3, 0.4) is 0 Å². The average molecular weight is 693 g/mol. The highest BCUT2D eigenvalue weighted by Crippen LogP contribution is 2.43. The van der Waals surface area contributed by atoms with E-state index in [2.05, 4.69) is 76.3 Å². The molecule has 45 heavy (non-hydrogen) atoms. The van der Waals surface area contributed by atoms with Crippen LogP contribution < -0.4 is 25.6 Å². The molecule has 4 aromatic rings. The molecule has 3 aliphatic heterocycles. The Bertz CT molecular complexity index is 1790. The molecule has 11 nitrogen and oxygen atoms in total. The molecular formula is C32H39BrN9O2P. The lowest BCUT2D eigenvalue weighted by Gasteiger charge is -2.49. The molecule has 2 fully saturated rings. The second-order valence-corrected chi connectivity index (χ2v) is 16.7. The van der Waals surface area contributed by atoms with Crippen molar-refractivity contribution in [1.82, 2.24) is 29.7 Å². The second-order valence-electron chi connectivity index (χ2n) is 12.7. The number of nitrogens with one attached hydrogen (secondary N) is 2. The smallest absolute Gasteiger partial charge is 0.229 e. The maximum absolute atomic E-state index is 13.4. The van der Waals surface area contributed by atoms with Crippen LogP contribution in [0.25, 0.3) is 11.0 Å². The van der Waals surface area contributed by atoms with Gasteiger partial charge in [0.1, 0.15) is 30.8 Å². The first-order chi connectivity index (χ1) is 21.6. The number of piperazine rings is 1. The normalized spacial score (nSPS) is 19.6. The molecule has 2 aromatic heterocycles. The number of piperidine rings is 1. The summed E-state index contributed by atoms with van der Waals surface area (Å²) in [6.45, 7) is 11.8. The number of ether oxygens (including phenoxy) is 1. The highest BCUT2D eigenvalue weighted by molar-refractivity contribution is 9.10. The van der Waals surface area contributed by atoms with Gasteiger partial charge in [0.25, 0.3) is 0 Å². The van der Waals surface area contributed by atoms with Crippen molar-refractivity contribution in [2.45, 2.75) is 31.8 Å². The third kappa shape index (κ3) is 6.13. The van der Waals surface area contributed by atoms with Gasteiger partial charge in [-0.15, -0.1) is 0 Å². The largest absolute Gasteiger partial charge is 0.489 e. The number of anilines is 5. The van der Waals surface area contributed by atoms with E-state index in [1.807, 2.05) is 18.2 Å². The Labute approximate surface area is 272 Å². The van der Waals surface area contributed by atoms with E-state index in [0.29, 0.717) is 57.0 Å². The van der Waals surface area contributed by atoms with Crippen molar-refractivity contribution in [3.05, 3.63) is 52.9 Å². The van der Waals surface area contributed by atoms with Crippen LogP contribution in [0.15, 0.2) is 47.3 Å². The van der Waals surface area contributed by atoms with Crippen molar-refractivity contribution in [3.8, 4) is 5.75 Å². The molecule has 0 spiro atoms. The van der Waals surface area contributed by atoms with E-state index < -0.39 is 7.14 Å². The summed E-state index contributed by atoms with van der Waals surface area (Å²) >= 11 is 3.58. The van der Waals surface area contributed by atoms with E-state index in [1.165, 1.54) is 31.6 Å². The van der Waals surface area contributed by atoms with Gasteiger partial charge >= 0.3 is 0 Å². The molecule has 0 saturated carbocycles. The minimum absolute atomic E-state index is 0.361. The number of aryl methyl sites for hydroxylation is 1. The minimum Gasteiger partial charge on any atom is -0.489 e. The van der Waals surface area contributed by atoms with Gasteiger partial charge in [-0.3, -0.25) is 14.9 Å². The standard InChI is InChI=1S/C32H39BrN9O2P/c1-20-15-21(16-27-29(20)42-14-13-41(18-23(42)19-44-27)22-7-11-40(2)12-8-22)37-32-36-17-24(33)31(39-32)38-26-6-5-25-28(35-10-9-34-25)30(26)45(3,4)43/h5-6,9-10,15-17,22-23H,7-8,11-14,18-19H2,1-4H3,(H2,36,37,38,39)/t23-/m1/s1. The van der Waals surface area contributed by atoms with Crippen LogP contribution in [0.5, 0.6) is 5.75 Å². The molecule has 2 aromatic carbocycles. The van der Waals surface area contributed by atoms with Gasteiger partial charge in [0.05, 0.1) is 32.7 Å². The molecule has 0 unspecified atom stereocenters. The van der Waals surface area contributed by atoms with Gasteiger partial charge in [0.15, 0.2) is 0 Å². The molecule has 2 saturated heterocycles. The minimum atomic E-state index is -2.72. The fourth-order valence-electron chi connectivity index (χ4n) is 6.93. The third-order valence-corrected chi connectivity index (χ3v) is 11.2. The van der Waals surface area contributed by atoms with Crippen LogP contribution in [0.4, 0.5) is 28.8 Å². The average Bonchev–Trinajstić information content (AvgIpc) is 3.02. The maximum atomic E-state index is 13.4. The monoisotopic (exact) mass is 691 g/mol. The Morgan fingerprint density at radius 3 is 2.60 bits per heavy atom. The van der Waals surface area contributed by atoms with Gasteiger partial charge in [-0.2, -0.15) is 4.98 Å². The van der Waals surface area contributed by atoms with Crippen molar-refractivity contribution in [2.24, 2.45) is 0 Å². The Morgan fingerprint density at radius 1 is 1.00 bits per heavy atom. The van der Waals surface area contributed by atoms with Gasteiger partial charge in [0, 0.05) is 56.0 Å². The Kier molecular flexibility index (Phi) is 8.18. The van der Waals surface area contributed by atoms with Crippen molar-refractivity contribution in [3.63, 3.8) is 0 Å². The van der Waals surface area contributed by atoms with Gasteiger partial charge in [-0.1, -0.05) is 0 Å². The quantitative estimate of drug-likeness (QED) is 0.260. The summed E-state index contributed by atoms with van der Waals surface area (Å²) in [5.41, 5.74) is 5.19. The fourth-order valence-corrected chi connectivity index (χ4v) is 8.61. The maximum Gasteiger partial charge on any atom is 0.229 e. The van der Waals surface area contributed by atoms with E-state index in [0.717, 1.165) is 36.6 Å². The number of aromatic nitrogens is 4. The molecule has 0 bridgehead atoms. The molecule has 236 valence electrons. The SMILES string of the molecule is Cc1cc(Nc2ncc(Br)c(Nc3ccc4nccnc4c3P(C)(C)=O)n2)cc2c1N1CCN(C3CCN(C)CC3)C[C@@H]1CO2. The predicted molar refractivity (Wildman–Crippen MR) is 185 cm³/mol. The first-order valence-corrected chi connectivity index (χ1v) is 18.9. The molecule has 3 aliphatic rings. The van der Waals surface area contributed by atoms with Crippen molar-refractivity contribution in [1.29, 1.82) is 0 Å².